The van der Waals surface area contributed by atoms with Gasteiger partial charge in [-0.05, 0) is 229 Å². The lowest BCUT2D eigenvalue weighted by Crippen LogP contribution is -2.68. The van der Waals surface area contributed by atoms with E-state index in [1.54, 1.807) is 189 Å². The predicted molar refractivity (Wildman–Crippen MR) is 598 cm³/mol. The minimum atomic E-state index is -1.54. The van der Waals surface area contributed by atoms with Gasteiger partial charge in [0.2, 0.25) is 46.1 Å². The number of Topliss-reactive ketones (excluding diaryl/α,β-unsaturated/α-hetero) is 2. The molecule has 3 amide bonds. The highest BCUT2D eigenvalue weighted by molar-refractivity contribution is 14.1. The van der Waals surface area contributed by atoms with E-state index in [2.05, 4.69) is 88.5 Å². The van der Waals surface area contributed by atoms with E-state index in [0.717, 1.165) is 57.0 Å². The lowest BCUT2D eigenvalue weighted by Gasteiger charge is -2.49. The lowest BCUT2D eigenvalue weighted by molar-refractivity contribution is -0.180. The number of allylic oxidation sites excluding steroid dienone is 6. The fourth-order valence-electron chi connectivity index (χ4n) is 13.0. The number of β-lactam (4-membered cyclic amide) rings is 3. The number of rotatable bonds is 37. The first kappa shape index (κ1) is 131. The number of carboxylic acids is 1. The van der Waals surface area contributed by atoms with Gasteiger partial charge in [-0.3, -0.25) is 38.7 Å². The number of esters is 6. The molecule has 0 spiro atoms. The highest BCUT2D eigenvalue weighted by Crippen LogP contribution is 2.49. The second-order valence-electron chi connectivity index (χ2n) is 36.4. The first-order valence-corrected chi connectivity index (χ1v) is 54.0. The van der Waals surface area contributed by atoms with Crippen LogP contribution in [0.5, 0.6) is 17.2 Å². The van der Waals surface area contributed by atoms with Gasteiger partial charge in [0.25, 0.3) is 0 Å². The minimum absolute atomic E-state index is 0. The zero-order valence-electron chi connectivity index (χ0n) is 84.3. The molecule has 3 fully saturated rings. The number of nitrogens with zero attached hydrogens (tertiary/aromatic N) is 12. The van der Waals surface area contributed by atoms with Crippen LogP contribution in [0.25, 0.3) is 0 Å². The number of amides is 3. The Morgan fingerprint density at radius 3 is 0.987 bits per heavy atom. The molecule has 12 rings (SSSR count). The number of aliphatic carboxylic acids is 1. The van der Waals surface area contributed by atoms with Crippen molar-refractivity contribution < 1.29 is 120 Å². The van der Waals surface area contributed by atoms with Crippen molar-refractivity contribution in [2.45, 2.75) is 242 Å². The molecule has 6 aliphatic heterocycles. The molecular formula is C99H128BCl3I2N13O25S6. The Bertz CT molecular complexity index is 5760. The van der Waals surface area contributed by atoms with Crippen LogP contribution in [0, 0.1) is 32.6 Å². The number of hydrogen-bond acceptors (Lipinski definition) is 40. The van der Waals surface area contributed by atoms with Crippen LogP contribution in [-0.2, 0) is 120 Å². The molecule has 6 aromatic rings. The van der Waals surface area contributed by atoms with Crippen LogP contribution in [0.15, 0.2) is 159 Å². The Labute approximate surface area is 937 Å². The number of thioether (sulfide) groups is 3. The maximum atomic E-state index is 13.7. The standard InChI is InChI=1S/C32H37ClN4O8S2.C32H37IN4O8S2.C18H19ClN2O4S.C13H19N3O5S.CH3BI.3CH4.ClH/c2*1-18-34-26(36-47-18)24(35-45-32(5,6)30(41)44-31(2,3)4)23(38)15-22-27(39)37-25(20(9-8-14-33)17-46-28(22)37)29(40)43-16-19-10-12-21(42-7)13-11-19;1-24-13-6-4-11(5-7-13)9-25-18(23)15-12(3-2-8-19)10-26-17-14(20)16(22)21(15)17;1-7-14-9(16-22-7)8(10(17)18)15-21-13(5,6)11(19)20-12(2,3)4;1-2-3;;;;/h2*8-13,22,28H,14-17H2,1-7H3;2-7,14,17H,8-10,20H2,1H3;1-6H3,(H,17,18);1H3;3*1H4;1H/b9-8-,35-24+;9-8+,35-24+;3-2+;15-8-;;;;;/t2*22-,28?;14-,17?;;;;;;/m111....../s1. The van der Waals surface area contributed by atoms with Crippen molar-refractivity contribution in [3.05, 3.63) is 192 Å². The molecule has 1 radical (unpaired) electrons. The molecule has 813 valence electrons. The molecule has 50 heteroatoms. The largest absolute Gasteiger partial charge is 0.497 e. The highest BCUT2D eigenvalue weighted by atomic mass is 127. The number of alkyl halides is 3. The number of nitrogens with two attached hydrogens (primary N) is 1. The Balaban J connectivity index is 0.000000424. The van der Waals surface area contributed by atoms with Crippen LogP contribution in [0.3, 0.4) is 0 Å². The van der Waals surface area contributed by atoms with Crippen molar-refractivity contribution >= 4 is 244 Å². The van der Waals surface area contributed by atoms with E-state index < -0.39 is 127 Å². The molecule has 6 aliphatic rings. The van der Waals surface area contributed by atoms with E-state index in [0.29, 0.717) is 70.8 Å². The first-order chi connectivity index (χ1) is 68.2. The second kappa shape index (κ2) is 59.3. The number of oxime groups is 3. The Morgan fingerprint density at radius 1 is 0.463 bits per heavy atom. The third kappa shape index (κ3) is 37.2. The summed E-state index contributed by atoms with van der Waals surface area (Å²) in [4.78, 5) is 188. The van der Waals surface area contributed by atoms with Crippen LogP contribution in [0.1, 0.15) is 188 Å². The van der Waals surface area contributed by atoms with Gasteiger partial charge < -0.3 is 68.0 Å². The van der Waals surface area contributed by atoms with Gasteiger partial charge in [-0.25, -0.2) is 48.5 Å². The quantitative estimate of drug-likeness (QED) is 0.00534. The fraction of sp³-hybridized carbons (Fsp3) is 0.485. The molecule has 0 saturated carbocycles. The summed E-state index contributed by atoms with van der Waals surface area (Å²) in [6, 6.07) is 20.9. The smallest absolute Gasteiger partial charge is 0.362 e. The van der Waals surface area contributed by atoms with E-state index in [9.17, 15) is 57.5 Å². The highest BCUT2D eigenvalue weighted by Gasteiger charge is 2.57. The summed E-state index contributed by atoms with van der Waals surface area (Å²) < 4.78 is 61.2. The summed E-state index contributed by atoms with van der Waals surface area (Å²) in [5.41, 5.74) is 3.06. The summed E-state index contributed by atoms with van der Waals surface area (Å²) in [5, 5.41) is 23.3. The molecule has 3 saturated heterocycles. The number of fused-ring (bicyclic) bond motifs is 3. The van der Waals surface area contributed by atoms with Crippen molar-refractivity contribution in [1.82, 2.24) is 42.8 Å². The molecule has 3 aromatic carbocycles. The van der Waals surface area contributed by atoms with Gasteiger partial charge in [0, 0.05) is 46.3 Å². The number of aromatic nitrogens is 6. The number of halogens is 5. The fourth-order valence-corrected chi connectivity index (χ4v) is 18.9. The minimum Gasteiger partial charge on any atom is -0.497 e. The van der Waals surface area contributed by atoms with Crippen molar-refractivity contribution in [2.75, 3.05) is 54.8 Å². The maximum absolute atomic E-state index is 13.7. The van der Waals surface area contributed by atoms with Crippen molar-refractivity contribution in [2.24, 2.45) is 33.0 Å². The molecule has 149 heavy (non-hydrogen) atoms. The van der Waals surface area contributed by atoms with Crippen LogP contribution in [-0.4, -0.2) is 252 Å². The van der Waals surface area contributed by atoms with E-state index in [-0.39, 0.29) is 136 Å². The van der Waals surface area contributed by atoms with Crippen LogP contribution < -0.4 is 19.9 Å². The molecule has 3 unspecified atom stereocenters. The van der Waals surface area contributed by atoms with E-state index in [4.69, 9.17) is 91.2 Å². The van der Waals surface area contributed by atoms with Crippen molar-refractivity contribution in [3.8, 4) is 17.2 Å². The van der Waals surface area contributed by atoms with Gasteiger partial charge in [0.15, 0.2) is 39.8 Å². The Hall–Kier alpha value is -9.97. The molecule has 3 N–H and O–H groups in total. The van der Waals surface area contributed by atoms with E-state index >= 15 is 0 Å². The number of benzene rings is 3. The molecular weight excluding hydrogens is 2330 g/mol. The number of carbonyl (C=O) groups is 12. The number of aryl methyl sites for hydroxylation is 3. The third-order valence-electron chi connectivity index (χ3n) is 20.2. The summed E-state index contributed by atoms with van der Waals surface area (Å²) in [6.45, 7) is 31.5. The van der Waals surface area contributed by atoms with Crippen molar-refractivity contribution in [3.63, 3.8) is 0 Å². The number of ether oxygens (including phenoxy) is 9. The average molecular weight is 2460 g/mol. The van der Waals surface area contributed by atoms with Gasteiger partial charge >= 0.3 is 41.8 Å². The zero-order valence-corrected chi connectivity index (χ0v) is 95.8. The number of carboxylic acid groups (broad SMARTS) is 1. The SMILES string of the molecule is C.C.C.COc1ccc(COC(=O)C2=C(/C=C/CCl)CSC3[C@H](N)C(=O)N23)cc1.COc1ccc(COC(=O)C2=C(/C=C/CI)CSC3[C@H](CC(=O)/C(=N\OC(C)(C)C(=O)OC(C)(C)C)c4nsc(C)n4)C(=O)N23)cc1.COc1ccc(COC(=O)C2=C(/C=C\CCl)CSC3[C@H](CC(=O)/C(=N\OC(C)(C)C(=O)OC(C)(C)C)c4nsc(C)n4)C(=O)N23)cc1.C[B]I.Cc1nc(/C(=N/OC(C)(C)C(=O)OC(C)(C)C)C(=O)O)ns1.Cl. The first-order valence-electron chi connectivity index (χ1n) is 44.7. The lowest BCUT2D eigenvalue weighted by atomic mass is 9.89. The number of hydrogen-bond donors (Lipinski definition) is 2. The third-order valence-corrected chi connectivity index (χ3v) is 26.9. The summed E-state index contributed by atoms with van der Waals surface area (Å²) >= 11 is 23.5. The van der Waals surface area contributed by atoms with Crippen LogP contribution in [0.2, 0.25) is 6.82 Å². The monoisotopic (exact) mass is 2460 g/mol. The van der Waals surface area contributed by atoms with Crippen molar-refractivity contribution in [1.29, 1.82) is 0 Å². The number of methoxy groups -OCH3 is 3. The Kier molecular flexibility index (Phi) is 52.3. The summed E-state index contributed by atoms with van der Waals surface area (Å²) in [7, 11) is 4.72. The summed E-state index contributed by atoms with van der Waals surface area (Å²) in [6.07, 6.45) is 10.1. The van der Waals surface area contributed by atoms with E-state index in [1.807, 2.05) is 36.2 Å². The second-order valence-corrected chi connectivity index (χ2v) is 45.3. The molecule has 9 heterocycles. The molecule has 38 nitrogen and oxygen atoms in total. The molecule has 0 bridgehead atoms. The molecule has 3 aromatic heterocycles. The maximum Gasteiger partial charge on any atom is 0.362 e. The van der Waals surface area contributed by atoms with Gasteiger partial charge in [0.05, 0.1) is 43.9 Å². The van der Waals surface area contributed by atoms with E-state index in [1.165, 1.54) is 91.5 Å². The van der Waals surface area contributed by atoms with Gasteiger partial charge in [-0.15, -0.1) is 70.9 Å². The summed E-state index contributed by atoms with van der Waals surface area (Å²) in [5.74, 6) is -4.84. The zero-order chi connectivity index (χ0) is 108. The van der Waals surface area contributed by atoms with Gasteiger partial charge in [-0.2, -0.15) is 35.5 Å². The molecule has 0 aliphatic carbocycles. The normalized spacial score (nSPS) is 17.6. The topological polar surface area (TPSA) is 486 Å². The van der Waals surface area contributed by atoms with Gasteiger partial charge in [0.1, 0.15) is 97.4 Å². The number of carbonyl (C=O) groups excluding carboxylic acids is 11. The predicted octanol–water partition coefficient (Wildman–Crippen LogP) is 17.4. The number of ketones is 2. The Morgan fingerprint density at radius 2 is 0.732 bits per heavy atom. The molecule has 6 atom stereocenters. The van der Waals surface area contributed by atoms with Crippen LogP contribution >= 0.6 is 150 Å². The van der Waals surface area contributed by atoms with Crippen LogP contribution in [0.4, 0.5) is 0 Å². The average Bonchev–Trinajstić information content (AvgIpc) is 1.31. The van der Waals surface area contributed by atoms with Gasteiger partial charge in [-0.1, -0.05) is 140 Å².